The van der Waals surface area contributed by atoms with Gasteiger partial charge in [-0.3, -0.25) is 0 Å². The average Bonchev–Trinajstić information content (AvgIpc) is 3.28. The van der Waals surface area contributed by atoms with Gasteiger partial charge in [0.15, 0.2) is 0 Å². The van der Waals surface area contributed by atoms with Crippen LogP contribution in [0.15, 0.2) is 31.0 Å². The molecular formula is C25H43N3O4S3. The molecule has 200 valence electrons. The molecule has 0 saturated heterocycles. The van der Waals surface area contributed by atoms with Gasteiger partial charge in [-0.25, -0.2) is 8.42 Å². The summed E-state index contributed by atoms with van der Waals surface area (Å²) in [5, 5.41) is 3.24. The SMILES string of the molecule is CCCCCC/C=C/CCCCCCC/C=N/S(=O)(=O)c1cc2c(s1)S(=O)(=O)N(C)C[C@@H]2NCC. The lowest BCUT2D eigenvalue weighted by molar-refractivity contribution is 0.385. The Balaban J connectivity index is 1.74. The molecule has 2 rings (SSSR count). The maximum Gasteiger partial charge on any atom is 0.291 e. The van der Waals surface area contributed by atoms with Crippen LogP contribution in [-0.2, 0) is 20.0 Å². The third kappa shape index (κ3) is 9.39. The van der Waals surface area contributed by atoms with Gasteiger partial charge in [-0.05, 0) is 51.1 Å². The Bertz CT molecular complexity index is 1030. The summed E-state index contributed by atoms with van der Waals surface area (Å²) in [6, 6.07) is 1.25. The Morgan fingerprint density at radius 1 is 1.03 bits per heavy atom. The Morgan fingerprint density at radius 2 is 1.63 bits per heavy atom. The number of hydrogen-bond acceptors (Lipinski definition) is 6. The van der Waals surface area contributed by atoms with Crippen molar-refractivity contribution < 1.29 is 16.8 Å². The first-order valence-corrected chi connectivity index (χ1v) is 16.7. The molecule has 1 aliphatic rings. The molecule has 10 heteroatoms. The highest BCUT2D eigenvalue weighted by Crippen LogP contribution is 2.40. The first kappa shape index (κ1) is 30.2. The number of likely N-dealkylation sites (N-methyl/N-ethyl adjacent to an activating group) is 2. The first-order valence-electron chi connectivity index (χ1n) is 13.0. The minimum absolute atomic E-state index is 0.0149. The van der Waals surface area contributed by atoms with E-state index in [2.05, 4.69) is 28.8 Å². The highest BCUT2D eigenvalue weighted by atomic mass is 32.3. The molecule has 0 spiro atoms. The average molecular weight is 546 g/mol. The number of hydrogen-bond donors (Lipinski definition) is 1. The summed E-state index contributed by atoms with van der Waals surface area (Å²) in [4.78, 5) is 0. The largest absolute Gasteiger partial charge is 0.309 e. The lowest BCUT2D eigenvalue weighted by Crippen LogP contribution is -2.40. The smallest absolute Gasteiger partial charge is 0.291 e. The molecule has 0 bridgehead atoms. The van der Waals surface area contributed by atoms with Crippen LogP contribution < -0.4 is 5.32 Å². The number of rotatable bonds is 17. The topological polar surface area (TPSA) is 95.9 Å². The lowest BCUT2D eigenvalue weighted by Gasteiger charge is -2.29. The molecule has 1 N–H and O–H groups in total. The molecule has 1 aromatic heterocycles. The summed E-state index contributed by atoms with van der Waals surface area (Å²) < 4.78 is 56.0. The van der Waals surface area contributed by atoms with Gasteiger partial charge in [-0.15, -0.1) is 11.3 Å². The monoisotopic (exact) mass is 545 g/mol. The second-order valence-electron chi connectivity index (χ2n) is 9.13. The second kappa shape index (κ2) is 15.2. The van der Waals surface area contributed by atoms with Crippen molar-refractivity contribution in [3.63, 3.8) is 0 Å². The Morgan fingerprint density at radius 3 is 2.26 bits per heavy atom. The summed E-state index contributed by atoms with van der Waals surface area (Å²) in [5.74, 6) is 0. The molecule has 0 aromatic carbocycles. The molecule has 1 aliphatic heterocycles. The van der Waals surface area contributed by atoms with E-state index in [1.165, 1.54) is 68.6 Å². The van der Waals surface area contributed by atoms with Crippen molar-refractivity contribution in [2.45, 2.75) is 105 Å². The van der Waals surface area contributed by atoms with E-state index in [0.717, 1.165) is 37.0 Å². The molecule has 0 radical (unpaired) electrons. The molecular weight excluding hydrogens is 502 g/mol. The number of thiophene rings is 1. The predicted octanol–water partition coefficient (Wildman–Crippen LogP) is 6.05. The summed E-state index contributed by atoms with van der Waals surface area (Å²) in [6.07, 6.45) is 19.7. The molecule has 0 saturated carbocycles. The van der Waals surface area contributed by atoms with Gasteiger partial charge in [-0.2, -0.15) is 17.1 Å². The van der Waals surface area contributed by atoms with Crippen molar-refractivity contribution in [1.29, 1.82) is 0 Å². The van der Waals surface area contributed by atoms with Crippen LogP contribution in [0.2, 0.25) is 0 Å². The standard InChI is InChI=1S/C25H43N3O4S3/c1-4-6-7-8-9-10-11-12-13-14-15-16-17-18-19-27-34(29,30)24-20-22-23(26-5-2)21-28(3)35(31,32)25(22)33-24/h10-11,19-20,23,26H,4-9,12-18,21H2,1-3H3/b11-10+,27-19+/t23-/m0/s1. The molecule has 2 heterocycles. The zero-order valence-electron chi connectivity index (χ0n) is 21.5. The van der Waals surface area contributed by atoms with E-state index in [-0.39, 0.29) is 21.0 Å². The minimum Gasteiger partial charge on any atom is -0.309 e. The van der Waals surface area contributed by atoms with Crippen LogP contribution in [0.4, 0.5) is 0 Å². The number of nitrogens with one attached hydrogen (secondary N) is 1. The fourth-order valence-electron chi connectivity index (χ4n) is 4.11. The first-order chi connectivity index (χ1) is 16.7. The van der Waals surface area contributed by atoms with Gasteiger partial charge in [0.1, 0.15) is 8.42 Å². The number of sulfonamides is 2. The molecule has 0 unspecified atom stereocenters. The molecule has 35 heavy (non-hydrogen) atoms. The van der Waals surface area contributed by atoms with Crippen LogP contribution >= 0.6 is 11.3 Å². The molecule has 1 atom stereocenters. The van der Waals surface area contributed by atoms with Crippen molar-refractivity contribution in [3.8, 4) is 0 Å². The zero-order valence-corrected chi connectivity index (χ0v) is 24.0. The number of unbranched alkanes of at least 4 members (excludes halogenated alkanes) is 10. The summed E-state index contributed by atoms with van der Waals surface area (Å²) in [7, 11) is -6.06. The van der Waals surface area contributed by atoms with Crippen LogP contribution in [0.1, 0.15) is 103 Å². The molecule has 0 fully saturated rings. The Hall–Kier alpha value is -1.07. The predicted molar refractivity (Wildman–Crippen MR) is 146 cm³/mol. The van der Waals surface area contributed by atoms with E-state index in [1.54, 1.807) is 0 Å². The van der Waals surface area contributed by atoms with Crippen molar-refractivity contribution >= 4 is 37.6 Å². The van der Waals surface area contributed by atoms with Crippen LogP contribution in [0, 0.1) is 0 Å². The number of allylic oxidation sites excluding steroid dienone is 2. The highest BCUT2D eigenvalue weighted by molar-refractivity contribution is 7.94. The molecule has 7 nitrogen and oxygen atoms in total. The normalized spacial score (nSPS) is 18.5. The van der Waals surface area contributed by atoms with Gasteiger partial charge in [0.2, 0.25) is 0 Å². The quantitative estimate of drug-likeness (QED) is 0.146. The highest BCUT2D eigenvalue weighted by Gasteiger charge is 2.38. The van der Waals surface area contributed by atoms with Crippen LogP contribution in [0.25, 0.3) is 0 Å². The zero-order chi connectivity index (χ0) is 25.7. The van der Waals surface area contributed by atoms with E-state index in [9.17, 15) is 16.8 Å². The summed E-state index contributed by atoms with van der Waals surface area (Å²) >= 11 is 0.793. The summed E-state index contributed by atoms with van der Waals surface area (Å²) in [6.45, 7) is 5.10. The molecule has 1 aromatic rings. The van der Waals surface area contributed by atoms with E-state index < -0.39 is 20.0 Å². The lowest BCUT2D eigenvalue weighted by atomic mass is 10.1. The Kier molecular flexibility index (Phi) is 13.1. The fourth-order valence-corrected chi connectivity index (χ4v) is 8.64. The van der Waals surface area contributed by atoms with Crippen molar-refractivity contribution in [3.05, 3.63) is 23.8 Å². The van der Waals surface area contributed by atoms with Gasteiger partial charge in [0, 0.05) is 31.4 Å². The van der Waals surface area contributed by atoms with Crippen molar-refractivity contribution in [1.82, 2.24) is 9.62 Å². The fraction of sp³-hybridized carbons (Fsp3) is 0.720. The summed E-state index contributed by atoms with van der Waals surface area (Å²) in [5.41, 5.74) is 0.523. The van der Waals surface area contributed by atoms with E-state index >= 15 is 0 Å². The van der Waals surface area contributed by atoms with Crippen LogP contribution in [-0.4, -0.2) is 47.5 Å². The van der Waals surface area contributed by atoms with Crippen LogP contribution in [0.5, 0.6) is 0 Å². The maximum absolute atomic E-state index is 12.7. The van der Waals surface area contributed by atoms with E-state index in [1.807, 2.05) is 6.92 Å². The van der Waals surface area contributed by atoms with Crippen LogP contribution in [0.3, 0.4) is 0 Å². The number of fused-ring (bicyclic) bond motifs is 1. The molecule has 0 amide bonds. The van der Waals surface area contributed by atoms with Gasteiger partial charge in [0.25, 0.3) is 20.0 Å². The van der Waals surface area contributed by atoms with Gasteiger partial charge < -0.3 is 5.32 Å². The van der Waals surface area contributed by atoms with E-state index in [4.69, 9.17) is 0 Å². The maximum atomic E-state index is 12.7. The third-order valence-electron chi connectivity index (χ3n) is 6.18. The van der Waals surface area contributed by atoms with Crippen molar-refractivity contribution in [2.24, 2.45) is 4.40 Å². The van der Waals surface area contributed by atoms with Gasteiger partial charge >= 0.3 is 0 Å². The second-order valence-corrected chi connectivity index (χ2v) is 14.3. The minimum atomic E-state index is -3.91. The van der Waals surface area contributed by atoms with Gasteiger partial charge in [0.05, 0.1) is 0 Å². The Labute approximate surface area is 217 Å². The third-order valence-corrected chi connectivity index (χ3v) is 11.4. The van der Waals surface area contributed by atoms with E-state index in [0.29, 0.717) is 18.5 Å². The van der Waals surface area contributed by atoms with Gasteiger partial charge in [-0.1, -0.05) is 64.5 Å². The van der Waals surface area contributed by atoms with Crippen molar-refractivity contribution in [2.75, 3.05) is 20.1 Å². The number of nitrogens with zero attached hydrogens (tertiary/aromatic N) is 2. The molecule has 0 aliphatic carbocycles.